The molecule has 0 spiro atoms. The fourth-order valence-corrected chi connectivity index (χ4v) is 2.57. The van der Waals surface area contributed by atoms with E-state index in [9.17, 15) is 9.59 Å². The van der Waals surface area contributed by atoms with Crippen molar-refractivity contribution >= 4 is 12.1 Å². The van der Waals surface area contributed by atoms with Crippen LogP contribution in [-0.4, -0.2) is 18.1 Å². The Morgan fingerprint density at radius 2 is 2.11 bits per heavy atom. The summed E-state index contributed by atoms with van der Waals surface area (Å²) in [5, 5.41) is 2.71. The van der Waals surface area contributed by atoms with Gasteiger partial charge < -0.3 is 10.1 Å². The van der Waals surface area contributed by atoms with Crippen molar-refractivity contribution in [2.75, 3.05) is 0 Å². The number of carbonyl (C=O) groups excluding carboxylic acids is 2. The zero-order chi connectivity index (χ0) is 13.0. The van der Waals surface area contributed by atoms with Crippen LogP contribution < -0.4 is 5.32 Å². The second kappa shape index (κ2) is 5.38. The molecule has 4 nitrogen and oxygen atoms in total. The zero-order valence-electron chi connectivity index (χ0n) is 10.6. The summed E-state index contributed by atoms with van der Waals surface area (Å²) in [6.45, 7) is 2.15. The number of alkyl carbamates (subject to hydrolysis) is 1. The Morgan fingerprint density at radius 3 is 2.89 bits per heavy atom. The van der Waals surface area contributed by atoms with Gasteiger partial charge in [-0.15, -0.1) is 0 Å². The number of hydrogen-bond acceptors (Lipinski definition) is 3. The van der Waals surface area contributed by atoms with E-state index in [2.05, 4.69) is 12.2 Å². The van der Waals surface area contributed by atoms with E-state index in [0.717, 1.165) is 25.7 Å². The van der Waals surface area contributed by atoms with Gasteiger partial charge >= 0.3 is 12.1 Å². The van der Waals surface area contributed by atoms with Gasteiger partial charge in [0.05, 0.1) is 6.04 Å². The molecular formula is C14H19NO3. The lowest BCUT2D eigenvalue weighted by atomic mass is 9.73. The molecule has 2 atom stereocenters. The van der Waals surface area contributed by atoms with E-state index >= 15 is 0 Å². The lowest BCUT2D eigenvalue weighted by molar-refractivity contribution is -0.150. The Hall–Kier alpha value is -1.58. The molecule has 0 bridgehead atoms. The highest BCUT2D eigenvalue weighted by molar-refractivity contribution is 5.94. The summed E-state index contributed by atoms with van der Waals surface area (Å²) in [5.41, 5.74) is -0.698. The van der Waals surface area contributed by atoms with Crippen LogP contribution >= 0.6 is 0 Å². The minimum absolute atomic E-state index is 0.266. The van der Waals surface area contributed by atoms with Crippen molar-refractivity contribution in [1.82, 2.24) is 5.32 Å². The summed E-state index contributed by atoms with van der Waals surface area (Å²) in [6.07, 6.45) is 11.9. The highest BCUT2D eigenvalue weighted by atomic mass is 16.6. The standard InChI is InChI=1S/C14H19NO3/c1-2-3-4-6-9-14-10-7-5-8-11(14)15-13(17)18-12(14)16/h5,7-8,10-11H,2-4,6,9H2,1H3,(H,15,17). The lowest BCUT2D eigenvalue weighted by Crippen LogP contribution is -2.57. The molecular weight excluding hydrogens is 230 g/mol. The molecule has 1 saturated heterocycles. The van der Waals surface area contributed by atoms with Crippen LogP contribution in [-0.2, 0) is 9.53 Å². The Kier molecular flexibility index (Phi) is 3.84. The van der Waals surface area contributed by atoms with Crippen LogP contribution in [0.3, 0.4) is 0 Å². The third kappa shape index (κ3) is 2.33. The first-order valence-corrected chi connectivity index (χ1v) is 6.58. The molecule has 1 fully saturated rings. The molecule has 0 radical (unpaired) electrons. The Morgan fingerprint density at radius 1 is 1.28 bits per heavy atom. The van der Waals surface area contributed by atoms with Gasteiger partial charge in [-0.25, -0.2) is 4.79 Å². The molecule has 0 aromatic heterocycles. The quantitative estimate of drug-likeness (QED) is 0.463. The smallest absolute Gasteiger partial charge is 0.376 e. The maximum absolute atomic E-state index is 12.1. The highest BCUT2D eigenvalue weighted by Gasteiger charge is 2.49. The van der Waals surface area contributed by atoms with Crippen molar-refractivity contribution in [3.8, 4) is 0 Å². The Bertz CT molecular complexity index is 400. The number of ether oxygens (including phenoxy) is 1. The van der Waals surface area contributed by atoms with Crippen LogP contribution in [0.5, 0.6) is 0 Å². The zero-order valence-corrected chi connectivity index (χ0v) is 10.6. The van der Waals surface area contributed by atoms with Crippen molar-refractivity contribution in [3.63, 3.8) is 0 Å². The van der Waals surface area contributed by atoms with Crippen LogP contribution in [0.2, 0.25) is 0 Å². The molecule has 2 unspecified atom stereocenters. The molecule has 0 aromatic rings. The molecule has 2 aliphatic rings. The largest absolute Gasteiger partial charge is 0.415 e. The van der Waals surface area contributed by atoms with Gasteiger partial charge in [-0.2, -0.15) is 0 Å². The first-order chi connectivity index (χ1) is 8.69. The first kappa shape index (κ1) is 12.9. The number of cyclic esters (lactones) is 2. The number of fused-ring (bicyclic) bond motifs is 1. The molecule has 0 aromatic carbocycles. The normalized spacial score (nSPS) is 29.7. The van der Waals surface area contributed by atoms with Gasteiger partial charge in [0.2, 0.25) is 0 Å². The number of nitrogens with one attached hydrogen (secondary N) is 1. The fraction of sp³-hybridized carbons (Fsp3) is 0.571. The van der Waals surface area contributed by atoms with E-state index in [1.54, 1.807) is 0 Å². The van der Waals surface area contributed by atoms with Crippen LogP contribution in [0.4, 0.5) is 4.79 Å². The van der Waals surface area contributed by atoms with Gasteiger partial charge in [-0.1, -0.05) is 56.9 Å². The van der Waals surface area contributed by atoms with Gasteiger partial charge in [0.1, 0.15) is 5.41 Å². The van der Waals surface area contributed by atoms with E-state index in [4.69, 9.17) is 4.74 Å². The van der Waals surface area contributed by atoms with Crippen molar-refractivity contribution in [2.45, 2.75) is 45.1 Å². The predicted molar refractivity (Wildman–Crippen MR) is 67.9 cm³/mol. The number of allylic oxidation sites excluding steroid dienone is 2. The van der Waals surface area contributed by atoms with E-state index in [0.29, 0.717) is 0 Å². The Labute approximate surface area is 107 Å². The average Bonchev–Trinajstić information content (AvgIpc) is 2.35. The van der Waals surface area contributed by atoms with E-state index in [-0.39, 0.29) is 6.04 Å². The Balaban J connectivity index is 2.09. The number of amides is 1. The van der Waals surface area contributed by atoms with Crippen LogP contribution in [0.25, 0.3) is 0 Å². The van der Waals surface area contributed by atoms with Crippen molar-refractivity contribution < 1.29 is 14.3 Å². The average molecular weight is 249 g/mol. The summed E-state index contributed by atoms with van der Waals surface area (Å²) >= 11 is 0. The number of carbonyl (C=O) groups is 2. The van der Waals surface area contributed by atoms with Gasteiger partial charge in [-0.05, 0) is 6.42 Å². The minimum Gasteiger partial charge on any atom is -0.376 e. The number of rotatable bonds is 5. The van der Waals surface area contributed by atoms with Crippen molar-refractivity contribution in [2.24, 2.45) is 5.41 Å². The molecule has 2 rings (SSSR count). The summed E-state index contributed by atoms with van der Waals surface area (Å²) in [4.78, 5) is 23.3. The maximum atomic E-state index is 12.1. The fourth-order valence-electron chi connectivity index (χ4n) is 2.57. The summed E-state index contributed by atoms with van der Waals surface area (Å²) < 4.78 is 4.74. The summed E-state index contributed by atoms with van der Waals surface area (Å²) in [7, 11) is 0. The van der Waals surface area contributed by atoms with Gasteiger partial charge in [0.15, 0.2) is 0 Å². The third-order valence-electron chi connectivity index (χ3n) is 3.65. The van der Waals surface area contributed by atoms with Crippen LogP contribution in [0.15, 0.2) is 24.3 Å². The lowest BCUT2D eigenvalue weighted by Gasteiger charge is -2.39. The number of unbranched alkanes of at least 4 members (excludes halogenated alkanes) is 3. The second-order valence-electron chi connectivity index (χ2n) is 4.89. The molecule has 0 saturated carbocycles. The van der Waals surface area contributed by atoms with Gasteiger partial charge in [0, 0.05) is 0 Å². The highest BCUT2D eigenvalue weighted by Crippen LogP contribution is 2.37. The van der Waals surface area contributed by atoms with E-state index in [1.807, 2.05) is 24.3 Å². The number of esters is 1. The molecule has 1 N–H and O–H groups in total. The molecule has 1 amide bonds. The van der Waals surface area contributed by atoms with Gasteiger partial charge in [0.25, 0.3) is 0 Å². The van der Waals surface area contributed by atoms with Crippen LogP contribution in [0.1, 0.15) is 39.0 Å². The maximum Gasteiger partial charge on any atom is 0.415 e. The molecule has 18 heavy (non-hydrogen) atoms. The number of hydrogen-bond donors (Lipinski definition) is 1. The topological polar surface area (TPSA) is 55.4 Å². The molecule has 1 heterocycles. The molecule has 1 aliphatic heterocycles. The van der Waals surface area contributed by atoms with Crippen molar-refractivity contribution in [1.29, 1.82) is 0 Å². The SMILES string of the molecule is CCCCCCC12C=CC=CC1NC(=O)OC2=O. The molecule has 4 heteroatoms. The third-order valence-corrected chi connectivity index (χ3v) is 3.65. The predicted octanol–water partition coefficient (Wildman–Crippen LogP) is 2.70. The van der Waals surface area contributed by atoms with E-state index in [1.165, 1.54) is 6.42 Å². The second-order valence-corrected chi connectivity index (χ2v) is 4.89. The molecule has 1 aliphatic carbocycles. The van der Waals surface area contributed by atoms with E-state index < -0.39 is 17.5 Å². The minimum atomic E-state index is -0.698. The van der Waals surface area contributed by atoms with Crippen molar-refractivity contribution in [3.05, 3.63) is 24.3 Å². The monoisotopic (exact) mass is 249 g/mol. The van der Waals surface area contributed by atoms with Gasteiger partial charge in [-0.3, -0.25) is 4.79 Å². The first-order valence-electron chi connectivity index (χ1n) is 6.58. The van der Waals surface area contributed by atoms with Crippen LogP contribution in [0, 0.1) is 5.41 Å². The summed E-state index contributed by atoms with van der Waals surface area (Å²) in [6, 6.07) is -0.266. The molecule has 98 valence electrons. The summed E-state index contributed by atoms with van der Waals surface area (Å²) in [5.74, 6) is -0.423.